The summed E-state index contributed by atoms with van der Waals surface area (Å²) in [5.74, 6) is 0. The smallest absolute Gasteiger partial charge is 0.155 e. The highest BCUT2D eigenvalue weighted by Gasteiger charge is 2.40. The third kappa shape index (κ3) is 19.2. The van der Waals surface area contributed by atoms with Crippen molar-refractivity contribution in [3.8, 4) is 0 Å². The first kappa shape index (κ1) is 41.7. The van der Waals surface area contributed by atoms with Gasteiger partial charge < -0.3 is 33.5 Å². The van der Waals surface area contributed by atoms with E-state index in [1.54, 1.807) is 0 Å². The third-order valence-corrected chi connectivity index (χ3v) is 8.42. The molecule has 4 unspecified atom stereocenters. The summed E-state index contributed by atoms with van der Waals surface area (Å²) in [5.41, 5.74) is -1.30. The molecule has 0 bridgehead atoms. The van der Waals surface area contributed by atoms with Crippen LogP contribution in [0.15, 0.2) is 0 Å². The molecule has 7 nitrogen and oxygen atoms in total. The van der Waals surface area contributed by atoms with Gasteiger partial charge in [-0.3, -0.25) is 0 Å². The summed E-state index contributed by atoms with van der Waals surface area (Å²) >= 11 is 0. The lowest BCUT2D eigenvalue weighted by atomic mass is 9.79. The summed E-state index contributed by atoms with van der Waals surface area (Å²) in [4.78, 5) is 0. The number of rotatable bonds is 24. The van der Waals surface area contributed by atoms with Crippen LogP contribution >= 0.6 is 0 Å². The van der Waals surface area contributed by atoms with E-state index >= 15 is 0 Å². The van der Waals surface area contributed by atoms with Crippen LogP contribution in [0, 0.1) is 16.2 Å². The second-order valence-corrected chi connectivity index (χ2v) is 15.9. The number of ether oxygens (including phenoxy) is 6. The van der Waals surface area contributed by atoms with Crippen molar-refractivity contribution in [2.75, 3.05) is 39.6 Å². The molecule has 0 amide bonds. The van der Waals surface area contributed by atoms with Gasteiger partial charge in [-0.2, -0.15) is 0 Å². The van der Waals surface area contributed by atoms with Gasteiger partial charge in [0.25, 0.3) is 0 Å². The summed E-state index contributed by atoms with van der Waals surface area (Å²) in [5, 5.41) is 10.8. The lowest BCUT2D eigenvalue weighted by molar-refractivity contribution is -0.215. The average Bonchev–Trinajstić information content (AvgIpc) is 2.84. The van der Waals surface area contributed by atoms with Crippen molar-refractivity contribution in [2.24, 2.45) is 16.2 Å². The summed E-state index contributed by atoms with van der Waals surface area (Å²) in [6, 6.07) is 0. The van der Waals surface area contributed by atoms with E-state index in [2.05, 4.69) is 83.1 Å². The first-order valence-corrected chi connectivity index (χ1v) is 16.5. The summed E-state index contributed by atoms with van der Waals surface area (Å²) in [6.45, 7) is 34.3. The summed E-state index contributed by atoms with van der Waals surface area (Å²) < 4.78 is 37.2. The molecule has 0 fully saturated rings. The maximum Gasteiger partial charge on any atom is 0.155 e. The highest BCUT2D eigenvalue weighted by molar-refractivity contribution is 4.88. The molecule has 0 aromatic rings. The van der Waals surface area contributed by atoms with Crippen LogP contribution in [0.25, 0.3) is 0 Å². The number of aliphatic hydroxyl groups is 1. The quantitative estimate of drug-likeness (QED) is 0.111. The van der Waals surface area contributed by atoms with Crippen LogP contribution < -0.4 is 0 Å². The van der Waals surface area contributed by atoms with Crippen molar-refractivity contribution in [1.29, 1.82) is 0 Å². The number of hydrogen-bond donors (Lipinski definition) is 1. The molecular formula is C35H72O7. The van der Waals surface area contributed by atoms with Crippen molar-refractivity contribution in [1.82, 2.24) is 0 Å². The summed E-state index contributed by atoms with van der Waals surface area (Å²) in [7, 11) is 0. The predicted molar refractivity (Wildman–Crippen MR) is 174 cm³/mol. The SMILES string of the molecule is CCC(C)(C)CCOC(C)OC(C)(C)CC(CO)(COC(C)CCOC(C)C(C)(C)C)COC(C)(C)CCOC(C)C. The molecule has 0 radical (unpaired) electrons. The fourth-order valence-corrected chi connectivity index (χ4v) is 4.42. The lowest BCUT2D eigenvalue weighted by Crippen LogP contribution is -2.47. The van der Waals surface area contributed by atoms with Gasteiger partial charge >= 0.3 is 0 Å². The molecule has 42 heavy (non-hydrogen) atoms. The molecule has 0 aromatic heterocycles. The van der Waals surface area contributed by atoms with Crippen molar-refractivity contribution >= 4 is 0 Å². The minimum Gasteiger partial charge on any atom is -0.396 e. The fourth-order valence-electron chi connectivity index (χ4n) is 4.42. The van der Waals surface area contributed by atoms with Crippen LogP contribution in [0.5, 0.6) is 0 Å². The van der Waals surface area contributed by atoms with E-state index in [4.69, 9.17) is 28.4 Å². The zero-order valence-electron chi connectivity index (χ0n) is 30.5. The molecule has 1 N–H and O–H groups in total. The van der Waals surface area contributed by atoms with Gasteiger partial charge in [-0.05, 0) is 98.8 Å². The first-order chi connectivity index (χ1) is 19.1. The van der Waals surface area contributed by atoms with Crippen LogP contribution in [0.1, 0.15) is 136 Å². The van der Waals surface area contributed by atoms with E-state index in [1.807, 2.05) is 20.8 Å². The highest BCUT2D eigenvalue weighted by Crippen LogP contribution is 2.35. The van der Waals surface area contributed by atoms with Gasteiger partial charge in [0.1, 0.15) is 0 Å². The Kier molecular flexibility index (Phi) is 18.5. The van der Waals surface area contributed by atoms with Crippen LogP contribution in [0.2, 0.25) is 0 Å². The molecule has 0 rings (SSSR count). The van der Waals surface area contributed by atoms with Gasteiger partial charge in [-0.25, -0.2) is 0 Å². The van der Waals surface area contributed by atoms with Crippen molar-refractivity contribution in [3.63, 3.8) is 0 Å². The van der Waals surface area contributed by atoms with Crippen LogP contribution in [-0.2, 0) is 28.4 Å². The molecule has 0 spiro atoms. The maximum absolute atomic E-state index is 10.8. The molecule has 0 saturated heterocycles. The Labute approximate surface area is 261 Å². The minimum atomic E-state index is -0.655. The second-order valence-electron chi connectivity index (χ2n) is 15.9. The number of hydrogen-bond acceptors (Lipinski definition) is 7. The zero-order valence-corrected chi connectivity index (χ0v) is 30.5. The molecule has 0 saturated carbocycles. The van der Waals surface area contributed by atoms with Crippen LogP contribution in [0.4, 0.5) is 0 Å². The Hall–Kier alpha value is -0.280. The molecule has 0 aliphatic heterocycles. The van der Waals surface area contributed by atoms with E-state index in [1.165, 1.54) is 0 Å². The molecule has 0 heterocycles. The molecule has 0 aliphatic rings. The Morgan fingerprint density at radius 3 is 1.79 bits per heavy atom. The molecule has 254 valence electrons. The Morgan fingerprint density at radius 2 is 1.26 bits per heavy atom. The van der Waals surface area contributed by atoms with Crippen molar-refractivity contribution in [2.45, 2.75) is 172 Å². The molecule has 4 atom stereocenters. The van der Waals surface area contributed by atoms with E-state index in [9.17, 15) is 5.11 Å². The van der Waals surface area contributed by atoms with E-state index in [-0.39, 0.29) is 42.0 Å². The van der Waals surface area contributed by atoms with Gasteiger partial charge in [0.2, 0.25) is 0 Å². The molecule has 7 heteroatoms. The average molecular weight is 605 g/mol. The largest absolute Gasteiger partial charge is 0.396 e. The third-order valence-electron chi connectivity index (χ3n) is 8.42. The lowest BCUT2D eigenvalue weighted by Gasteiger charge is -2.42. The Balaban J connectivity index is 5.46. The standard InChI is InChI=1S/C35H72O7/c1-16-32(10,11)18-21-39-30(6)42-34(14,15)23-35(24-36,26-41-33(12,13)19-22-37-27(2)3)25-40-28(4)17-20-38-29(5)31(7,8)9/h27-30,36H,16-26H2,1-15H3. The topological polar surface area (TPSA) is 75.6 Å². The minimum absolute atomic E-state index is 0.0243. The Morgan fingerprint density at radius 1 is 0.667 bits per heavy atom. The number of aliphatic hydroxyl groups excluding tert-OH is 1. The van der Waals surface area contributed by atoms with E-state index in [0.717, 1.165) is 25.7 Å². The van der Waals surface area contributed by atoms with Gasteiger partial charge in [0.05, 0.1) is 55.9 Å². The van der Waals surface area contributed by atoms with Crippen molar-refractivity contribution < 1.29 is 33.5 Å². The van der Waals surface area contributed by atoms with Crippen LogP contribution in [-0.4, -0.2) is 80.6 Å². The summed E-state index contributed by atoms with van der Waals surface area (Å²) in [6.07, 6.45) is 4.12. The first-order valence-electron chi connectivity index (χ1n) is 16.5. The fraction of sp³-hybridized carbons (Fsp3) is 1.00. The van der Waals surface area contributed by atoms with Gasteiger partial charge in [-0.15, -0.1) is 0 Å². The second kappa shape index (κ2) is 18.6. The normalized spacial score (nSPS) is 17.4. The maximum atomic E-state index is 10.8. The molecular weight excluding hydrogens is 532 g/mol. The van der Waals surface area contributed by atoms with Gasteiger partial charge in [0, 0.05) is 18.6 Å². The van der Waals surface area contributed by atoms with Gasteiger partial charge in [-0.1, -0.05) is 48.0 Å². The van der Waals surface area contributed by atoms with E-state index < -0.39 is 16.6 Å². The monoisotopic (exact) mass is 605 g/mol. The van der Waals surface area contributed by atoms with Crippen molar-refractivity contribution in [3.05, 3.63) is 0 Å². The zero-order chi connectivity index (χ0) is 32.8. The highest BCUT2D eigenvalue weighted by atomic mass is 16.7. The molecule has 0 aliphatic carbocycles. The van der Waals surface area contributed by atoms with E-state index in [0.29, 0.717) is 39.5 Å². The Bertz CT molecular complexity index is 698. The molecule has 0 aromatic carbocycles. The van der Waals surface area contributed by atoms with Crippen LogP contribution in [0.3, 0.4) is 0 Å². The predicted octanol–water partition coefficient (Wildman–Crippen LogP) is 8.20. The van der Waals surface area contributed by atoms with Gasteiger partial charge in [0.15, 0.2) is 6.29 Å².